The van der Waals surface area contributed by atoms with Crippen LogP contribution in [-0.4, -0.2) is 42.4 Å². The number of nitrogens with zero attached hydrogens (tertiary/aromatic N) is 2. The Morgan fingerprint density at radius 1 is 1.10 bits per heavy atom. The molecule has 0 unspecified atom stereocenters. The van der Waals surface area contributed by atoms with E-state index in [1.165, 1.54) is 18.5 Å². The summed E-state index contributed by atoms with van der Waals surface area (Å²) < 4.78 is 0. The minimum Gasteiger partial charge on any atom is -0.372 e. The molecular weight excluding hydrogens is 380 g/mol. The highest BCUT2D eigenvalue weighted by Gasteiger charge is 2.35. The van der Waals surface area contributed by atoms with Gasteiger partial charge in [0, 0.05) is 24.5 Å². The van der Waals surface area contributed by atoms with Gasteiger partial charge in [-0.25, -0.2) is 9.69 Å². The van der Waals surface area contributed by atoms with Crippen molar-refractivity contribution in [2.24, 2.45) is 0 Å². The van der Waals surface area contributed by atoms with Gasteiger partial charge in [-0.15, -0.1) is 0 Å². The van der Waals surface area contributed by atoms with Crippen molar-refractivity contribution < 1.29 is 14.4 Å². The molecule has 2 fully saturated rings. The van der Waals surface area contributed by atoms with E-state index in [4.69, 9.17) is 0 Å². The van der Waals surface area contributed by atoms with Crippen molar-refractivity contribution in [3.8, 4) is 0 Å². The number of carbonyl (C=O) groups is 3. The van der Waals surface area contributed by atoms with Crippen LogP contribution in [-0.2, 0) is 9.59 Å². The van der Waals surface area contributed by atoms with Crippen LogP contribution in [0.4, 0.5) is 16.2 Å². The van der Waals surface area contributed by atoms with Crippen LogP contribution in [0, 0.1) is 6.92 Å². The minimum absolute atomic E-state index is 0.171. The van der Waals surface area contributed by atoms with Crippen molar-refractivity contribution in [1.82, 2.24) is 10.2 Å². The molecule has 2 aliphatic rings. The van der Waals surface area contributed by atoms with Gasteiger partial charge in [-0.3, -0.25) is 9.59 Å². The fourth-order valence-electron chi connectivity index (χ4n) is 3.73. The third-order valence-corrected chi connectivity index (χ3v) is 5.35. The number of para-hydroxylation sites is 1. The first-order valence-corrected chi connectivity index (χ1v) is 10.1. The Morgan fingerprint density at radius 2 is 1.83 bits per heavy atom. The number of rotatable bonds is 5. The van der Waals surface area contributed by atoms with Crippen LogP contribution in [0.3, 0.4) is 0 Å². The standard InChI is InChI=1S/C23H24N4O3/c1-16-13-19(26-11-5-6-12-26)10-9-17(16)14-20-22(29)27(23(30)25-20)15-21(28)24-18-7-3-2-4-8-18/h2-4,7-10,13-14H,5-6,11-12,15H2,1H3,(H,24,28)(H,25,30)/b20-14-. The number of nitrogens with one attached hydrogen (secondary N) is 2. The smallest absolute Gasteiger partial charge is 0.329 e. The second-order valence-electron chi connectivity index (χ2n) is 7.53. The lowest BCUT2D eigenvalue weighted by Crippen LogP contribution is -2.38. The van der Waals surface area contributed by atoms with Crippen molar-refractivity contribution in [2.45, 2.75) is 19.8 Å². The fourth-order valence-corrected chi connectivity index (χ4v) is 3.73. The summed E-state index contributed by atoms with van der Waals surface area (Å²) in [6.45, 7) is 3.77. The molecular formula is C23H24N4O3. The molecule has 7 nitrogen and oxygen atoms in total. The molecule has 0 radical (unpaired) electrons. The maximum atomic E-state index is 12.7. The van der Waals surface area contributed by atoms with Gasteiger partial charge < -0.3 is 15.5 Å². The molecule has 7 heteroatoms. The summed E-state index contributed by atoms with van der Waals surface area (Å²) >= 11 is 0. The first kappa shape index (κ1) is 19.7. The predicted octanol–water partition coefficient (Wildman–Crippen LogP) is 3.13. The Kier molecular flexibility index (Phi) is 5.52. The number of benzene rings is 2. The highest BCUT2D eigenvalue weighted by atomic mass is 16.2. The maximum absolute atomic E-state index is 12.7. The number of anilines is 2. The second-order valence-corrected chi connectivity index (χ2v) is 7.53. The normalized spacial score (nSPS) is 17.6. The van der Waals surface area contributed by atoms with Gasteiger partial charge in [-0.2, -0.15) is 0 Å². The average Bonchev–Trinajstić information content (AvgIpc) is 3.35. The van der Waals surface area contributed by atoms with Crippen LogP contribution in [0.15, 0.2) is 54.2 Å². The molecule has 2 aromatic carbocycles. The first-order chi connectivity index (χ1) is 14.5. The lowest BCUT2D eigenvalue weighted by molar-refractivity contribution is -0.127. The monoisotopic (exact) mass is 404 g/mol. The maximum Gasteiger partial charge on any atom is 0.329 e. The number of hydrogen-bond acceptors (Lipinski definition) is 4. The zero-order valence-electron chi connectivity index (χ0n) is 16.9. The van der Waals surface area contributed by atoms with Gasteiger partial charge in [0.15, 0.2) is 0 Å². The number of imide groups is 1. The second kappa shape index (κ2) is 8.41. The molecule has 30 heavy (non-hydrogen) atoms. The van der Waals surface area contributed by atoms with Crippen LogP contribution in [0.2, 0.25) is 0 Å². The molecule has 4 amide bonds. The number of hydrogen-bond donors (Lipinski definition) is 2. The largest absolute Gasteiger partial charge is 0.372 e. The van der Waals surface area contributed by atoms with Crippen LogP contribution in [0.5, 0.6) is 0 Å². The summed E-state index contributed by atoms with van der Waals surface area (Å²) in [4.78, 5) is 40.4. The van der Waals surface area contributed by atoms with Crippen molar-refractivity contribution in [1.29, 1.82) is 0 Å². The highest BCUT2D eigenvalue weighted by Crippen LogP contribution is 2.25. The van der Waals surface area contributed by atoms with E-state index in [0.29, 0.717) is 5.69 Å². The quantitative estimate of drug-likeness (QED) is 0.593. The number of urea groups is 1. The summed E-state index contributed by atoms with van der Waals surface area (Å²) in [5.74, 6) is -0.941. The predicted molar refractivity (Wildman–Crippen MR) is 116 cm³/mol. The van der Waals surface area contributed by atoms with E-state index >= 15 is 0 Å². The van der Waals surface area contributed by atoms with E-state index in [1.807, 2.05) is 25.1 Å². The van der Waals surface area contributed by atoms with Crippen LogP contribution >= 0.6 is 0 Å². The van der Waals surface area contributed by atoms with Crippen LogP contribution in [0.25, 0.3) is 6.08 Å². The summed E-state index contributed by atoms with van der Waals surface area (Å²) in [5.41, 5.74) is 3.84. The van der Waals surface area contributed by atoms with E-state index in [-0.39, 0.29) is 12.2 Å². The van der Waals surface area contributed by atoms with Gasteiger partial charge in [-0.1, -0.05) is 24.3 Å². The van der Waals surface area contributed by atoms with Crippen LogP contribution < -0.4 is 15.5 Å². The Labute approximate surface area is 175 Å². The first-order valence-electron chi connectivity index (χ1n) is 10.1. The van der Waals surface area contributed by atoms with Crippen molar-refractivity contribution in [2.75, 3.05) is 29.9 Å². The number of amides is 4. The van der Waals surface area contributed by atoms with Crippen molar-refractivity contribution >= 4 is 35.3 Å². The van der Waals surface area contributed by atoms with Gasteiger partial charge >= 0.3 is 6.03 Å². The Balaban J connectivity index is 1.45. The summed E-state index contributed by atoms with van der Waals surface area (Å²) in [6, 6.07) is 14.4. The third kappa shape index (κ3) is 4.20. The third-order valence-electron chi connectivity index (χ3n) is 5.35. The molecule has 0 aliphatic carbocycles. The van der Waals surface area contributed by atoms with Crippen molar-refractivity contribution in [3.63, 3.8) is 0 Å². The molecule has 2 aliphatic heterocycles. The van der Waals surface area contributed by atoms with E-state index < -0.39 is 17.8 Å². The number of carbonyl (C=O) groups excluding carboxylic acids is 3. The van der Waals surface area contributed by atoms with E-state index in [9.17, 15) is 14.4 Å². The average molecular weight is 404 g/mol. The lowest BCUT2D eigenvalue weighted by Gasteiger charge is -2.18. The Bertz CT molecular complexity index is 1010. The molecule has 0 bridgehead atoms. The van der Waals surface area contributed by atoms with Gasteiger partial charge in [0.05, 0.1) is 0 Å². The van der Waals surface area contributed by atoms with Crippen LogP contribution in [0.1, 0.15) is 24.0 Å². The van der Waals surface area contributed by atoms with Gasteiger partial charge in [0.2, 0.25) is 5.91 Å². The SMILES string of the molecule is Cc1cc(N2CCCC2)ccc1/C=C1\NC(=O)N(CC(=O)Nc2ccccc2)C1=O. The molecule has 2 aromatic rings. The fraction of sp³-hybridized carbons (Fsp3) is 0.261. The number of aryl methyl sites for hydroxylation is 1. The molecule has 154 valence electrons. The molecule has 0 saturated carbocycles. The molecule has 0 atom stereocenters. The summed E-state index contributed by atoms with van der Waals surface area (Å²) in [7, 11) is 0. The minimum atomic E-state index is -0.596. The molecule has 0 spiro atoms. The zero-order chi connectivity index (χ0) is 21.1. The Hall–Kier alpha value is -3.61. The van der Waals surface area contributed by atoms with Gasteiger partial charge in [-0.05, 0) is 61.2 Å². The van der Waals surface area contributed by atoms with Gasteiger partial charge in [0.1, 0.15) is 12.2 Å². The molecule has 2 saturated heterocycles. The van der Waals surface area contributed by atoms with E-state index in [2.05, 4.69) is 21.6 Å². The topological polar surface area (TPSA) is 81.8 Å². The summed E-state index contributed by atoms with van der Waals surface area (Å²) in [6.07, 6.45) is 4.08. The lowest BCUT2D eigenvalue weighted by atomic mass is 10.1. The zero-order valence-corrected chi connectivity index (χ0v) is 16.9. The molecule has 2 N–H and O–H groups in total. The molecule has 0 aromatic heterocycles. The van der Waals surface area contributed by atoms with Crippen molar-refractivity contribution in [3.05, 3.63) is 65.4 Å². The molecule has 4 rings (SSSR count). The van der Waals surface area contributed by atoms with E-state index in [0.717, 1.165) is 29.1 Å². The molecule has 2 heterocycles. The summed E-state index contributed by atoms with van der Waals surface area (Å²) in [5, 5.41) is 5.26. The Morgan fingerprint density at radius 3 is 2.53 bits per heavy atom. The highest BCUT2D eigenvalue weighted by molar-refractivity contribution is 6.16. The van der Waals surface area contributed by atoms with Gasteiger partial charge in [0.25, 0.3) is 5.91 Å². The van der Waals surface area contributed by atoms with E-state index in [1.54, 1.807) is 30.3 Å².